The lowest BCUT2D eigenvalue weighted by Crippen LogP contribution is -2.40. The number of nitrogens with one attached hydrogen (secondary N) is 1. The smallest absolute Gasteiger partial charge is 0.228 e. The fourth-order valence-corrected chi connectivity index (χ4v) is 3.71. The Bertz CT molecular complexity index is 615. The van der Waals surface area contributed by atoms with Gasteiger partial charge in [0.05, 0.1) is 27.6 Å². The Morgan fingerprint density at radius 1 is 1.22 bits per heavy atom. The van der Waals surface area contributed by atoms with Crippen LogP contribution in [0.3, 0.4) is 0 Å². The number of benzene rings is 1. The second-order valence-electron chi connectivity index (χ2n) is 6.57. The van der Waals surface area contributed by atoms with Gasteiger partial charge in [0.15, 0.2) is 0 Å². The van der Waals surface area contributed by atoms with Gasteiger partial charge in [-0.1, -0.05) is 36.2 Å². The molecule has 1 aliphatic heterocycles. The van der Waals surface area contributed by atoms with Gasteiger partial charge in [-0.3, -0.25) is 9.59 Å². The molecule has 3 atom stereocenters. The first kappa shape index (κ1) is 16.6. The number of hydrogen-bond donors (Lipinski definition) is 1. The maximum Gasteiger partial charge on any atom is 0.228 e. The molecule has 1 aliphatic carbocycles. The molecular weight excluding hydrogens is 335 g/mol. The molecule has 2 fully saturated rings. The summed E-state index contributed by atoms with van der Waals surface area (Å²) in [6, 6.07) is 5.07. The molecule has 0 radical (unpaired) electrons. The molecule has 1 saturated heterocycles. The third-order valence-electron chi connectivity index (χ3n) is 4.62. The van der Waals surface area contributed by atoms with Crippen molar-refractivity contribution in [1.29, 1.82) is 0 Å². The normalized spacial score (nSPS) is 26.7. The van der Waals surface area contributed by atoms with E-state index >= 15 is 0 Å². The minimum atomic E-state index is -0.271. The molecule has 1 saturated carbocycles. The number of anilines is 1. The molecule has 23 heavy (non-hydrogen) atoms. The van der Waals surface area contributed by atoms with Crippen LogP contribution < -0.4 is 5.32 Å². The van der Waals surface area contributed by atoms with Crippen LogP contribution in [0.4, 0.5) is 5.69 Å². The predicted octanol–water partition coefficient (Wildman–Crippen LogP) is 3.83. The highest BCUT2D eigenvalue weighted by Crippen LogP contribution is 2.42. The Hall–Kier alpha value is -1.26. The molecule has 0 bridgehead atoms. The van der Waals surface area contributed by atoms with Crippen LogP contribution in [0.1, 0.15) is 26.2 Å². The van der Waals surface area contributed by atoms with E-state index in [1.807, 2.05) is 4.90 Å². The van der Waals surface area contributed by atoms with E-state index in [1.165, 1.54) is 6.42 Å². The number of halogens is 2. The van der Waals surface area contributed by atoms with E-state index in [9.17, 15) is 9.59 Å². The summed E-state index contributed by atoms with van der Waals surface area (Å²) in [4.78, 5) is 26.8. The highest BCUT2D eigenvalue weighted by molar-refractivity contribution is 6.39. The Morgan fingerprint density at radius 3 is 2.57 bits per heavy atom. The van der Waals surface area contributed by atoms with Crippen molar-refractivity contribution in [2.45, 2.75) is 26.2 Å². The van der Waals surface area contributed by atoms with Crippen LogP contribution in [-0.2, 0) is 9.59 Å². The molecule has 3 rings (SSSR count). The standard InChI is InChI=1S/C17H20Cl2N2O2/c1-10-4-3-7-21(9-10)17(23)12-8-11(12)16(22)20-15-13(18)5-2-6-14(15)19/h2,5-6,10-12H,3-4,7-9H2,1H3,(H,20,22). The van der Waals surface area contributed by atoms with Crippen LogP contribution in [-0.4, -0.2) is 29.8 Å². The first-order chi connectivity index (χ1) is 11.0. The molecule has 6 heteroatoms. The second kappa shape index (κ2) is 6.70. The fraction of sp³-hybridized carbons (Fsp3) is 0.529. The molecule has 1 heterocycles. The average molecular weight is 355 g/mol. The number of amides is 2. The zero-order valence-electron chi connectivity index (χ0n) is 13.0. The minimum Gasteiger partial charge on any atom is -0.342 e. The number of para-hydroxylation sites is 1. The number of nitrogens with zero attached hydrogens (tertiary/aromatic N) is 1. The number of hydrogen-bond acceptors (Lipinski definition) is 2. The van der Waals surface area contributed by atoms with Gasteiger partial charge < -0.3 is 10.2 Å². The van der Waals surface area contributed by atoms with Gasteiger partial charge in [0, 0.05) is 13.1 Å². The fourth-order valence-electron chi connectivity index (χ4n) is 3.21. The van der Waals surface area contributed by atoms with Gasteiger partial charge in [0.1, 0.15) is 0 Å². The van der Waals surface area contributed by atoms with Crippen LogP contribution in [0.25, 0.3) is 0 Å². The number of likely N-dealkylation sites (tertiary alicyclic amines) is 1. The summed E-state index contributed by atoms with van der Waals surface area (Å²) in [7, 11) is 0. The van der Waals surface area contributed by atoms with Crippen LogP contribution in [0.2, 0.25) is 10.0 Å². The number of carbonyl (C=O) groups is 2. The van der Waals surface area contributed by atoms with Crippen molar-refractivity contribution in [2.24, 2.45) is 17.8 Å². The van der Waals surface area contributed by atoms with Crippen LogP contribution in [0.15, 0.2) is 18.2 Å². The lowest BCUT2D eigenvalue weighted by atomic mass is 10.00. The summed E-state index contributed by atoms with van der Waals surface area (Å²) in [5, 5.41) is 3.57. The van der Waals surface area contributed by atoms with E-state index in [0.717, 1.165) is 19.5 Å². The highest BCUT2D eigenvalue weighted by atomic mass is 35.5. The largest absolute Gasteiger partial charge is 0.342 e. The predicted molar refractivity (Wildman–Crippen MR) is 91.7 cm³/mol. The minimum absolute atomic E-state index is 0.113. The van der Waals surface area contributed by atoms with Gasteiger partial charge >= 0.3 is 0 Å². The number of piperidine rings is 1. The summed E-state index contributed by atoms with van der Waals surface area (Å²) in [6.07, 6.45) is 2.83. The van der Waals surface area contributed by atoms with Gasteiger partial charge in [0.25, 0.3) is 0 Å². The van der Waals surface area contributed by atoms with Gasteiger partial charge in [-0.2, -0.15) is 0 Å². The molecule has 124 valence electrons. The van der Waals surface area contributed by atoms with E-state index in [-0.39, 0.29) is 23.7 Å². The third kappa shape index (κ3) is 3.64. The van der Waals surface area contributed by atoms with Crippen molar-refractivity contribution >= 4 is 40.7 Å². The molecule has 4 nitrogen and oxygen atoms in total. The molecule has 1 aromatic rings. The van der Waals surface area contributed by atoms with E-state index in [1.54, 1.807) is 18.2 Å². The molecule has 1 aromatic carbocycles. The summed E-state index contributed by atoms with van der Waals surface area (Å²) < 4.78 is 0. The van der Waals surface area contributed by atoms with Crippen LogP contribution in [0, 0.1) is 17.8 Å². The number of rotatable bonds is 3. The Labute approximate surface area is 146 Å². The van der Waals surface area contributed by atoms with E-state index in [4.69, 9.17) is 23.2 Å². The summed E-state index contributed by atoms with van der Waals surface area (Å²) >= 11 is 12.1. The molecule has 0 aromatic heterocycles. The van der Waals surface area contributed by atoms with Crippen molar-refractivity contribution in [3.63, 3.8) is 0 Å². The SMILES string of the molecule is CC1CCCN(C(=O)C2CC2C(=O)Nc2c(Cl)cccc2Cl)C1. The highest BCUT2D eigenvalue weighted by Gasteiger charge is 2.49. The lowest BCUT2D eigenvalue weighted by Gasteiger charge is -2.31. The number of carbonyl (C=O) groups excluding carboxylic acids is 2. The maximum absolute atomic E-state index is 12.5. The molecule has 0 spiro atoms. The van der Waals surface area contributed by atoms with E-state index in [2.05, 4.69) is 12.2 Å². The quantitative estimate of drug-likeness (QED) is 0.896. The zero-order valence-corrected chi connectivity index (χ0v) is 14.5. The second-order valence-corrected chi connectivity index (χ2v) is 7.38. The van der Waals surface area contributed by atoms with E-state index in [0.29, 0.717) is 28.1 Å². The van der Waals surface area contributed by atoms with Crippen molar-refractivity contribution in [3.05, 3.63) is 28.2 Å². The topological polar surface area (TPSA) is 49.4 Å². The molecule has 2 aliphatic rings. The van der Waals surface area contributed by atoms with Crippen molar-refractivity contribution in [3.8, 4) is 0 Å². The Balaban J connectivity index is 1.59. The molecule has 1 N–H and O–H groups in total. The van der Waals surface area contributed by atoms with Crippen molar-refractivity contribution < 1.29 is 9.59 Å². The maximum atomic E-state index is 12.5. The van der Waals surface area contributed by atoms with Gasteiger partial charge in [0.2, 0.25) is 11.8 Å². The Kier molecular flexibility index (Phi) is 4.83. The lowest BCUT2D eigenvalue weighted by molar-refractivity contribution is -0.135. The van der Waals surface area contributed by atoms with Crippen LogP contribution >= 0.6 is 23.2 Å². The monoisotopic (exact) mass is 354 g/mol. The summed E-state index contributed by atoms with van der Waals surface area (Å²) in [6.45, 7) is 3.78. The molecular formula is C17H20Cl2N2O2. The third-order valence-corrected chi connectivity index (χ3v) is 5.25. The molecule has 2 amide bonds. The summed E-state index contributed by atoms with van der Waals surface area (Å²) in [5.41, 5.74) is 0.422. The first-order valence-electron chi connectivity index (χ1n) is 8.01. The van der Waals surface area contributed by atoms with Gasteiger partial charge in [-0.05, 0) is 37.3 Å². The Morgan fingerprint density at radius 2 is 1.91 bits per heavy atom. The van der Waals surface area contributed by atoms with Crippen LogP contribution in [0.5, 0.6) is 0 Å². The first-order valence-corrected chi connectivity index (χ1v) is 8.76. The van der Waals surface area contributed by atoms with Crippen molar-refractivity contribution in [1.82, 2.24) is 4.90 Å². The summed E-state index contributed by atoms with van der Waals surface area (Å²) in [5.74, 6) is 0.0136. The van der Waals surface area contributed by atoms with Gasteiger partial charge in [-0.25, -0.2) is 0 Å². The average Bonchev–Trinajstić information content (AvgIpc) is 3.31. The van der Waals surface area contributed by atoms with Gasteiger partial charge in [-0.15, -0.1) is 0 Å². The van der Waals surface area contributed by atoms with E-state index < -0.39 is 0 Å². The molecule has 3 unspecified atom stereocenters. The zero-order chi connectivity index (χ0) is 16.6. The van der Waals surface area contributed by atoms with Crippen molar-refractivity contribution in [2.75, 3.05) is 18.4 Å².